The predicted octanol–water partition coefficient (Wildman–Crippen LogP) is 5.37. The summed E-state index contributed by atoms with van der Waals surface area (Å²) in [5, 5.41) is 11.9. The van der Waals surface area contributed by atoms with Gasteiger partial charge in [-0.1, -0.05) is 36.0 Å². The first kappa shape index (κ1) is 23.1. The van der Waals surface area contributed by atoms with Gasteiger partial charge >= 0.3 is 0 Å². The number of hydrogen-bond donors (Lipinski definition) is 0. The van der Waals surface area contributed by atoms with E-state index in [1.54, 1.807) is 11.3 Å². The monoisotopic (exact) mass is 491 g/mol. The number of likely N-dealkylation sites (tertiary alicyclic amines) is 1. The van der Waals surface area contributed by atoms with Gasteiger partial charge in [0.15, 0.2) is 16.8 Å². The Morgan fingerprint density at radius 1 is 1.03 bits per heavy atom. The number of para-hydroxylation sites is 1. The first-order chi connectivity index (χ1) is 16.6. The summed E-state index contributed by atoms with van der Waals surface area (Å²) in [5.74, 6) is 1.38. The number of carbonyl (C=O) groups is 1. The summed E-state index contributed by atoms with van der Waals surface area (Å²) in [6.45, 7) is 7.89. The molecule has 1 aliphatic rings. The lowest BCUT2D eigenvalue weighted by Gasteiger charge is -2.15. The van der Waals surface area contributed by atoms with Crippen LogP contribution < -0.4 is 0 Å². The molecule has 0 unspecified atom stereocenters. The number of rotatable bonds is 9. The van der Waals surface area contributed by atoms with Crippen molar-refractivity contribution in [3.8, 4) is 5.69 Å². The highest BCUT2D eigenvalue weighted by molar-refractivity contribution is 7.99. The van der Waals surface area contributed by atoms with E-state index in [4.69, 9.17) is 0 Å². The lowest BCUT2D eigenvalue weighted by atomic mass is 10.2. The Morgan fingerprint density at radius 2 is 1.82 bits per heavy atom. The van der Waals surface area contributed by atoms with Crippen LogP contribution in [0.2, 0.25) is 0 Å². The van der Waals surface area contributed by atoms with E-state index in [0.29, 0.717) is 5.75 Å². The van der Waals surface area contributed by atoms with Gasteiger partial charge in [0.05, 0.1) is 18.8 Å². The minimum absolute atomic E-state index is 0.124. The molecule has 5 rings (SSSR count). The molecule has 176 valence electrons. The van der Waals surface area contributed by atoms with Crippen molar-refractivity contribution in [2.45, 2.75) is 44.9 Å². The van der Waals surface area contributed by atoms with Gasteiger partial charge in [-0.05, 0) is 69.4 Å². The minimum Gasteiger partial charge on any atom is -0.343 e. The number of hydrogen-bond acceptors (Lipinski definition) is 6. The van der Waals surface area contributed by atoms with E-state index in [2.05, 4.69) is 60.8 Å². The van der Waals surface area contributed by atoms with Crippen molar-refractivity contribution >= 4 is 28.9 Å². The lowest BCUT2D eigenvalue weighted by Crippen LogP contribution is -2.21. The molecule has 0 N–H and O–H groups in total. The summed E-state index contributed by atoms with van der Waals surface area (Å²) in [6, 6.07) is 16.4. The highest BCUT2D eigenvalue weighted by Crippen LogP contribution is 2.26. The van der Waals surface area contributed by atoms with Crippen molar-refractivity contribution in [1.82, 2.24) is 24.2 Å². The summed E-state index contributed by atoms with van der Waals surface area (Å²) >= 11 is 3.21. The number of aryl methyl sites for hydroxylation is 1. The van der Waals surface area contributed by atoms with E-state index in [1.807, 2.05) is 31.2 Å². The highest BCUT2D eigenvalue weighted by Gasteiger charge is 2.21. The van der Waals surface area contributed by atoms with Crippen LogP contribution in [0.15, 0.2) is 59.1 Å². The van der Waals surface area contributed by atoms with Crippen LogP contribution in [0.5, 0.6) is 0 Å². The molecular formula is C26H29N5OS2. The standard InChI is InChI=1S/C26H29N5OS2/c1-19-15-23(20(2)30(19)16-22-11-8-14-33-22)24(32)18-34-26-28-27-25(17-29-12-6-7-13-29)31(26)21-9-4-3-5-10-21/h3-5,8-11,14-15H,6-7,12-13,16-18H2,1-2H3. The molecule has 4 aromatic rings. The number of benzene rings is 1. The number of ketones is 1. The van der Waals surface area contributed by atoms with Gasteiger partial charge in [-0.3, -0.25) is 14.3 Å². The third kappa shape index (κ3) is 4.89. The number of nitrogens with zero attached hydrogens (tertiary/aromatic N) is 5. The van der Waals surface area contributed by atoms with Crippen molar-refractivity contribution in [2.75, 3.05) is 18.8 Å². The van der Waals surface area contributed by atoms with Crippen molar-refractivity contribution in [2.24, 2.45) is 0 Å². The molecule has 0 bridgehead atoms. The molecule has 0 radical (unpaired) electrons. The molecule has 1 aromatic carbocycles. The fourth-order valence-electron chi connectivity index (χ4n) is 4.57. The zero-order valence-corrected chi connectivity index (χ0v) is 21.2. The predicted molar refractivity (Wildman–Crippen MR) is 138 cm³/mol. The number of carbonyl (C=O) groups excluding carboxylic acids is 1. The van der Waals surface area contributed by atoms with Gasteiger partial charge in [0.25, 0.3) is 0 Å². The molecule has 4 heterocycles. The average Bonchev–Trinajstić information content (AvgIpc) is 3.65. The normalized spacial score (nSPS) is 14.2. The Labute approximate surface area is 208 Å². The van der Waals surface area contributed by atoms with E-state index in [9.17, 15) is 4.79 Å². The van der Waals surface area contributed by atoms with Crippen molar-refractivity contribution in [3.63, 3.8) is 0 Å². The van der Waals surface area contributed by atoms with Crippen molar-refractivity contribution in [1.29, 1.82) is 0 Å². The van der Waals surface area contributed by atoms with Crippen LogP contribution in [0.25, 0.3) is 5.69 Å². The van der Waals surface area contributed by atoms with Gasteiger partial charge in [-0.15, -0.1) is 21.5 Å². The molecule has 0 amide bonds. The SMILES string of the molecule is Cc1cc(C(=O)CSc2nnc(CN3CCCC3)n2-c2ccccc2)c(C)n1Cc1cccs1. The van der Waals surface area contributed by atoms with Gasteiger partial charge in [-0.25, -0.2) is 0 Å². The minimum atomic E-state index is 0.124. The van der Waals surface area contributed by atoms with E-state index in [1.165, 1.54) is 29.5 Å². The summed E-state index contributed by atoms with van der Waals surface area (Å²) in [5.41, 5.74) is 3.96. The Bertz CT molecular complexity index is 1250. The average molecular weight is 492 g/mol. The molecule has 0 aliphatic carbocycles. The van der Waals surface area contributed by atoms with Crippen LogP contribution in [-0.2, 0) is 13.1 Å². The number of Topliss-reactive ketones (excluding diaryl/α,β-unsaturated/α-hetero) is 1. The molecule has 0 saturated carbocycles. The number of thioether (sulfide) groups is 1. The van der Waals surface area contributed by atoms with Crippen LogP contribution >= 0.6 is 23.1 Å². The smallest absolute Gasteiger partial charge is 0.196 e. The number of aromatic nitrogens is 4. The van der Waals surface area contributed by atoms with Crippen LogP contribution in [0.4, 0.5) is 0 Å². The molecule has 3 aromatic heterocycles. The maximum absolute atomic E-state index is 13.2. The molecular weight excluding hydrogens is 462 g/mol. The first-order valence-corrected chi connectivity index (χ1v) is 13.5. The Kier molecular flexibility index (Phi) is 6.99. The van der Waals surface area contributed by atoms with E-state index >= 15 is 0 Å². The summed E-state index contributed by atoms with van der Waals surface area (Å²) < 4.78 is 4.33. The number of thiophene rings is 1. The maximum Gasteiger partial charge on any atom is 0.196 e. The van der Waals surface area contributed by atoms with Gasteiger partial charge in [0, 0.05) is 27.5 Å². The fourth-order valence-corrected chi connectivity index (χ4v) is 6.11. The van der Waals surface area contributed by atoms with Gasteiger partial charge < -0.3 is 4.57 Å². The Balaban J connectivity index is 1.35. The second kappa shape index (κ2) is 10.3. The second-order valence-electron chi connectivity index (χ2n) is 8.72. The van der Waals surface area contributed by atoms with Gasteiger partial charge in [0.2, 0.25) is 0 Å². The second-order valence-corrected chi connectivity index (χ2v) is 10.7. The quantitative estimate of drug-likeness (QED) is 0.233. The zero-order valence-electron chi connectivity index (χ0n) is 19.6. The van der Waals surface area contributed by atoms with Crippen molar-refractivity contribution < 1.29 is 4.79 Å². The maximum atomic E-state index is 13.2. The first-order valence-electron chi connectivity index (χ1n) is 11.7. The third-order valence-electron chi connectivity index (χ3n) is 6.38. The molecule has 1 saturated heterocycles. The van der Waals surface area contributed by atoms with E-state index in [-0.39, 0.29) is 5.78 Å². The molecule has 34 heavy (non-hydrogen) atoms. The third-order valence-corrected chi connectivity index (χ3v) is 8.17. The van der Waals surface area contributed by atoms with Gasteiger partial charge in [-0.2, -0.15) is 0 Å². The topological polar surface area (TPSA) is 56.0 Å². The van der Waals surface area contributed by atoms with Crippen LogP contribution in [0.3, 0.4) is 0 Å². The lowest BCUT2D eigenvalue weighted by molar-refractivity contribution is 0.102. The van der Waals surface area contributed by atoms with E-state index in [0.717, 1.165) is 59.8 Å². The van der Waals surface area contributed by atoms with Gasteiger partial charge in [0.1, 0.15) is 0 Å². The van der Waals surface area contributed by atoms with Crippen LogP contribution in [0, 0.1) is 13.8 Å². The Hall–Kier alpha value is -2.68. The largest absolute Gasteiger partial charge is 0.343 e. The highest BCUT2D eigenvalue weighted by atomic mass is 32.2. The van der Waals surface area contributed by atoms with Crippen LogP contribution in [0.1, 0.15) is 45.3 Å². The van der Waals surface area contributed by atoms with Crippen molar-refractivity contribution in [3.05, 3.63) is 81.6 Å². The fraction of sp³-hybridized carbons (Fsp3) is 0.346. The zero-order chi connectivity index (χ0) is 23.5. The Morgan fingerprint density at radius 3 is 2.56 bits per heavy atom. The molecule has 0 atom stereocenters. The molecule has 6 nitrogen and oxygen atoms in total. The summed E-state index contributed by atoms with van der Waals surface area (Å²) in [6.07, 6.45) is 2.47. The molecule has 1 aliphatic heterocycles. The van der Waals surface area contributed by atoms with Crippen LogP contribution in [-0.4, -0.2) is 48.9 Å². The molecule has 8 heteroatoms. The summed E-state index contributed by atoms with van der Waals surface area (Å²) in [4.78, 5) is 17.0. The van der Waals surface area contributed by atoms with E-state index < -0.39 is 0 Å². The summed E-state index contributed by atoms with van der Waals surface area (Å²) in [7, 11) is 0. The molecule has 1 fully saturated rings. The molecule has 0 spiro atoms.